The molecule has 284 valence electrons. The van der Waals surface area contributed by atoms with Crippen molar-refractivity contribution in [2.75, 3.05) is 0 Å². The van der Waals surface area contributed by atoms with E-state index in [0.717, 1.165) is 0 Å². The van der Waals surface area contributed by atoms with E-state index in [9.17, 15) is 0 Å². The average Bonchev–Trinajstić information content (AvgIpc) is 3.59. The highest BCUT2D eigenvalue weighted by molar-refractivity contribution is 4.90. The lowest BCUT2D eigenvalue weighted by molar-refractivity contribution is -0.727. The van der Waals surface area contributed by atoms with Gasteiger partial charge in [0.2, 0.25) is 0 Å². The summed E-state index contributed by atoms with van der Waals surface area (Å²) in [5.74, 6) is 2.25. The molecular weight excluding hydrogens is 581 g/mol. The van der Waals surface area contributed by atoms with Crippen LogP contribution in [-0.2, 0) is 0 Å². The van der Waals surface area contributed by atoms with E-state index in [1.54, 1.807) is 5.82 Å². The molecule has 2 unspecified atom stereocenters. The lowest BCUT2D eigenvalue weighted by atomic mass is 9.92. The molecule has 1 rings (SSSR count). The van der Waals surface area contributed by atoms with Gasteiger partial charge in [-0.05, 0) is 32.6 Å². The molecule has 0 aromatic carbocycles. The summed E-state index contributed by atoms with van der Waals surface area (Å²) in [7, 11) is 0. The lowest BCUT2D eigenvalue weighted by Gasteiger charge is -2.17. The molecule has 2 heteroatoms. The second-order valence-electron chi connectivity index (χ2n) is 16.1. The van der Waals surface area contributed by atoms with Crippen LogP contribution in [0.15, 0.2) is 12.4 Å². The third-order valence-electron chi connectivity index (χ3n) is 11.4. The van der Waals surface area contributed by atoms with Crippen LogP contribution in [0.3, 0.4) is 0 Å². The molecule has 0 radical (unpaired) electrons. The topological polar surface area (TPSA) is 19.7 Å². The van der Waals surface area contributed by atoms with E-state index in [1.807, 2.05) is 0 Å². The fourth-order valence-corrected chi connectivity index (χ4v) is 8.02. The molecule has 1 N–H and O–H groups in total. The van der Waals surface area contributed by atoms with Gasteiger partial charge >= 0.3 is 0 Å². The normalized spacial score (nSPS) is 13.0. The van der Waals surface area contributed by atoms with Crippen molar-refractivity contribution in [1.29, 1.82) is 0 Å². The molecule has 0 fully saturated rings. The van der Waals surface area contributed by atoms with Crippen molar-refractivity contribution in [3.05, 3.63) is 18.2 Å². The highest BCUT2D eigenvalue weighted by atomic mass is 15.1. The summed E-state index contributed by atoms with van der Waals surface area (Å²) in [4.78, 5) is 3.77. The molecule has 48 heavy (non-hydrogen) atoms. The molecule has 0 saturated heterocycles. The molecule has 1 aromatic rings. The zero-order chi connectivity index (χ0) is 34.6. The van der Waals surface area contributed by atoms with E-state index in [2.05, 4.69) is 49.6 Å². The van der Waals surface area contributed by atoms with Gasteiger partial charge in [-0.15, -0.1) is 0 Å². The zero-order valence-electron chi connectivity index (χ0n) is 33.9. The van der Waals surface area contributed by atoms with Crippen molar-refractivity contribution >= 4 is 0 Å². The molecule has 2 atom stereocenters. The predicted octanol–water partition coefficient (Wildman–Crippen LogP) is 16.4. The van der Waals surface area contributed by atoms with Crippen LogP contribution >= 0.6 is 0 Å². The van der Waals surface area contributed by atoms with E-state index in [0.29, 0.717) is 12.0 Å². The van der Waals surface area contributed by atoms with E-state index < -0.39 is 0 Å². The van der Waals surface area contributed by atoms with Crippen molar-refractivity contribution in [3.8, 4) is 0 Å². The molecule has 0 aliphatic carbocycles. The molecule has 0 aliphatic heterocycles. The number of rotatable bonds is 39. The van der Waals surface area contributed by atoms with Gasteiger partial charge in [-0.3, -0.25) is 0 Å². The standard InChI is InChI=1S/C46H90N2/c1-5-8-11-14-17-20-22-24-26-29-32-35-38-41-45(40-37-34-31-27-19-16-13-10-7-3)46-47-42-43-48(46)44(4)39-36-33-30-28-25-23-21-18-15-12-9-6-2/h42-45H,5-41H2,1-4H3/p+1. The Bertz CT molecular complexity index is 738. The summed E-state index contributed by atoms with van der Waals surface area (Å²) in [6.45, 7) is 9.43. The molecule has 0 bridgehead atoms. The second kappa shape index (κ2) is 36.0. The number of aromatic nitrogens is 2. The molecule has 2 nitrogen and oxygen atoms in total. The number of hydrogen-bond acceptors (Lipinski definition) is 0. The van der Waals surface area contributed by atoms with Crippen LogP contribution < -0.4 is 4.57 Å². The summed E-state index contributed by atoms with van der Waals surface area (Å²) < 4.78 is 2.65. The molecule has 0 saturated carbocycles. The van der Waals surface area contributed by atoms with Gasteiger partial charge in [-0.25, -0.2) is 9.55 Å². The summed E-state index contributed by atoms with van der Waals surface area (Å²) in [5.41, 5.74) is 0. The van der Waals surface area contributed by atoms with Gasteiger partial charge in [-0.1, -0.05) is 233 Å². The first-order valence-electron chi connectivity index (χ1n) is 22.8. The number of imidazole rings is 1. The van der Waals surface area contributed by atoms with Crippen LogP contribution in [-0.4, -0.2) is 4.98 Å². The van der Waals surface area contributed by atoms with Gasteiger partial charge in [0.05, 0.1) is 12.0 Å². The number of unbranched alkanes of at least 4 members (excludes halogenated alkanes) is 31. The summed E-state index contributed by atoms with van der Waals surface area (Å²) in [5, 5.41) is 0. The Morgan fingerprint density at radius 1 is 0.396 bits per heavy atom. The van der Waals surface area contributed by atoms with Gasteiger partial charge in [0.15, 0.2) is 0 Å². The second-order valence-corrected chi connectivity index (χ2v) is 16.1. The Morgan fingerprint density at radius 2 is 0.667 bits per heavy atom. The zero-order valence-corrected chi connectivity index (χ0v) is 33.9. The fourth-order valence-electron chi connectivity index (χ4n) is 8.02. The number of H-pyrrole nitrogens is 1. The summed E-state index contributed by atoms with van der Waals surface area (Å²) in [6, 6.07) is 0.617. The Labute approximate surface area is 304 Å². The van der Waals surface area contributed by atoms with Crippen LogP contribution in [0.2, 0.25) is 0 Å². The van der Waals surface area contributed by atoms with Crippen LogP contribution in [0.5, 0.6) is 0 Å². The smallest absolute Gasteiger partial charge is 0.247 e. The summed E-state index contributed by atoms with van der Waals surface area (Å²) >= 11 is 0. The van der Waals surface area contributed by atoms with Crippen molar-refractivity contribution in [1.82, 2.24) is 4.98 Å². The fraction of sp³-hybridized carbons (Fsp3) is 0.935. The third kappa shape index (κ3) is 27.0. The first-order valence-corrected chi connectivity index (χ1v) is 22.8. The van der Waals surface area contributed by atoms with Gasteiger partial charge in [0, 0.05) is 0 Å². The van der Waals surface area contributed by atoms with E-state index in [-0.39, 0.29) is 0 Å². The minimum Gasteiger partial charge on any atom is -0.247 e. The molecule has 1 aromatic heterocycles. The number of aromatic amines is 1. The van der Waals surface area contributed by atoms with Crippen molar-refractivity contribution in [3.63, 3.8) is 0 Å². The maximum atomic E-state index is 3.77. The SMILES string of the molecule is CCCCCCCCCCCCCCCC(CCCCCCCCCCC)c1[nH]cc[n+]1C(C)CCCCCCCCCCCCCC. The van der Waals surface area contributed by atoms with Crippen LogP contribution in [0.25, 0.3) is 0 Å². The molecular formula is C46H91N2+. The molecule has 0 spiro atoms. The maximum Gasteiger partial charge on any atom is 0.257 e. The Kier molecular flexibility index (Phi) is 33.9. The predicted molar refractivity (Wildman–Crippen MR) is 216 cm³/mol. The highest BCUT2D eigenvalue weighted by Crippen LogP contribution is 2.27. The van der Waals surface area contributed by atoms with Crippen LogP contribution in [0.1, 0.15) is 283 Å². The van der Waals surface area contributed by atoms with Crippen LogP contribution in [0.4, 0.5) is 0 Å². The maximum absolute atomic E-state index is 3.77. The monoisotopic (exact) mass is 672 g/mol. The average molecular weight is 672 g/mol. The van der Waals surface area contributed by atoms with Gasteiger partial charge < -0.3 is 0 Å². The van der Waals surface area contributed by atoms with E-state index >= 15 is 0 Å². The minimum absolute atomic E-state index is 0.617. The Hall–Kier alpha value is -0.790. The lowest BCUT2D eigenvalue weighted by Crippen LogP contribution is -2.41. The van der Waals surface area contributed by atoms with Gasteiger partial charge in [0.1, 0.15) is 12.4 Å². The first-order chi connectivity index (χ1) is 23.7. The Morgan fingerprint density at radius 3 is 0.979 bits per heavy atom. The van der Waals surface area contributed by atoms with E-state index in [4.69, 9.17) is 0 Å². The van der Waals surface area contributed by atoms with Crippen LogP contribution in [0, 0.1) is 0 Å². The number of nitrogens with one attached hydrogen (secondary N) is 1. The first kappa shape index (κ1) is 45.2. The number of nitrogens with zero attached hydrogens (tertiary/aromatic N) is 1. The third-order valence-corrected chi connectivity index (χ3v) is 11.4. The largest absolute Gasteiger partial charge is 0.257 e. The van der Waals surface area contributed by atoms with Gasteiger partial charge in [-0.2, -0.15) is 0 Å². The quantitative estimate of drug-likeness (QED) is 0.0531. The van der Waals surface area contributed by atoms with E-state index in [1.165, 1.54) is 238 Å². The summed E-state index contributed by atoms with van der Waals surface area (Å²) in [6.07, 6.45) is 57.6. The molecule has 0 amide bonds. The Balaban J connectivity index is 2.37. The van der Waals surface area contributed by atoms with Crippen molar-refractivity contribution in [2.45, 2.75) is 277 Å². The number of hydrogen-bond donors (Lipinski definition) is 1. The minimum atomic E-state index is 0.617. The molecule has 1 heterocycles. The highest BCUT2D eigenvalue weighted by Gasteiger charge is 2.25. The van der Waals surface area contributed by atoms with Crippen molar-refractivity contribution < 1.29 is 4.57 Å². The van der Waals surface area contributed by atoms with Gasteiger partial charge in [0.25, 0.3) is 5.82 Å². The molecule has 0 aliphatic rings. The van der Waals surface area contributed by atoms with Crippen molar-refractivity contribution in [2.24, 2.45) is 0 Å².